The molecule has 4 heteroatoms. The third-order valence-electron chi connectivity index (χ3n) is 2.23. The molecule has 0 aliphatic heterocycles. The summed E-state index contributed by atoms with van der Waals surface area (Å²) in [6, 6.07) is 7.15. The molecule has 1 aromatic rings. The van der Waals surface area contributed by atoms with Crippen molar-refractivity contribution in [3.05, 3.63) is 34.3 Å². The SMILES string of the molecule is CN(C)C(=O)CCC(=O)c1ccc(Br)cc1. The van der Waals surface area contributed by atoms with Crippen LogP contribution < -0.4 is 0 Å². The molecule has 1 rings (SSSR count). The molecule has 86 valence electrons. The van der Waals surface area contributed by atoms with E-state index >= 15 is 0 Å². The summed E-state index contributed by atoms with van der Waals surface area (Å²) in [5, 5.41) is 0. The quantitative estimate of drug-likeness (QED) is 0.797. The summed E-state index contributed by atoms with van der Waals surface area (Å²) in [4.78, 5) is 24.5. The molecule has 0 saturated heterocycles. The van der Waals surface area contributed by atoms with Crippen LogP contribution in [0.3, 0.4) is 0 Å². The Morgan fingerprint density at radius 2 is 1.69 bits per heavy atom. The highest BCUT2D eigenvalue weighted by molar-refractivity contribution is 9.10. The lowest BCUT2D eigenvalue weighted by Crippen LogP contribution is -2.22. The molecule has 3 nitrogen and oxygen atoms in total. The molecular formula is C12H14BrNO2. The Bertz CT molecular complexity index is 385. The topological polar surface area (TPSA) is 37.4 Å². The van der Waals surface area contributed by atoms with Crippen molar-refractivity contribution < 1.29 is 9.59 Å². The van der Waals surface area contributed by atoms with Gasteiger partial charge in [-0.15, -0.1) is 0 Å². The van der Waals surface area contributed by atoms with E-state index in [1.165, 1.54) is 4.90 Å². The Labute approximate surface area is 104 Å². The van der Waals surface area contributed by atoms with Crippen molar-refractivity contribution in [2.45, 2.75) is 12.8 Å². The van der Waals surface area contributed by atoms with Crippen LogP contribution in [0.1, 0.15) is 23.2 Å². The van der Waals surface area contributed by atoms with Gasteiger partial charge in [0.2, 0.25) is 5.91 Å². The van der Waals surface area contributed by atoms with Gasteiger partial charge in [-0.1, -0.05) is 28.1 Å². The molecule has 1 aromatic carbocycles. The second-order valence-corrected chi connectivity index (χ2v) is 4.63. The van der Waals surface area contributed by atoms with Crippen molar-refractivity contribution in [3.8, 4) is 0 Å². The predicted molar refractivity (Wildman–Crippen MR) is 66.4 cm³/mol. The summed E-state index contributed by atoms with van der Waals surface area (Å²) in [6.07, 6.45) is 0.528. The summed E-state index contributed by atoms with van der Waals surface area (Å²) in [5.74, 6) is -0.0202. The van der Waals surface area contributed by atoms with Gasteiger partial charge >= 0.3 is 0 Å². The highest BCUT2D eigenvalue weighted by Crippen LogP contribution is 2.12. The van der Waals surface area contributed by atoms with Crippen molar-refractivity contribution in [1.29, 1.82) is 0 Å². The molecule has 0 N–H and O–H groups in total. The fraction of sp³-hybridized carbons (Fsp3) is 0.333. The first-order valence-corrected chi connectivity index (χ1v) is 5.79. The van der Waals surface area contributed by atoms with Crippen molar-refractivity contribution in [1.82, 2.24) is 4.90 Å². The fourth-order valence-electron chi connectivity index (χ4n) is 1.22. The van der Waals surface area contributed by atoms with Crippen LogP contribution >= 0.6 is 15.9 Å². The number of hydrogen-bond acceptors (Lipinski definition) is 2. The van der Waals surface area contributed by atoms with Crippen molar-refractivity contribution in [2.24, 2.45) is 0 Å². The Morgan fingerprint density at radius 3 is 2.19 bits per heavy atom. The smallest absolute Gasteiger partial charge is 0.222 e. The van der Waals surface area contributed by atoms with Crippen LogP contribution in [0.25, 0.3) is 0 Å². The van der Waals surface area contributed by atoms with Gasteiger partial charge in [0.1, 0.15) is 0 Å². The Hall–Kier alpha value is -1.16. The van der Waals surface area contributed by atoms with E-state index in [1.807, 2.05) is 12.1 Å². The molecule has 0 fully saturated rings. The molecule has 0 spiro atoms. The largest absolute Gasteiger partial charge is 0.349 e. The standard InChI is InChI=1S/C12H14BrNO2/c1-14(2)12(16)8-7-11(15)9-3-5-10(13)6-4-9/h3-6H,7-8H2,1-2H3. The molecular weight excluding hydrogens is 270 g/mol. The third kappa shape index (κ3) is 3.77. The lowest BCUT2D eigenvalue weighted by Gasteiger charge is -2.09. The normalized spacial score (nSPS) is 9.94. The Balaban J connectivity index is 2.53. The molecule has 1 amide bonds. The van der Waals surface area contributed by atoms with Crippen LogP contribution in [0, 0.1) is 0 Å². The fourth-order valence-corrected chi connectivity index (χ4v) is 1.49. The highest BCUT2D eigenvalue weighted by atomic mass is 79.9. The first-order chi connectivity index (χ1) is 7.50. The number of ketones is 1. The van der Waals surface area contributed by atoms with Gasteiger partial charge in [-0.2, -0.15) is 0 Å². The van der Waals surface area contributed by atoms with Crippen LogP contribution in [0.2, 0.25) is 0 Å². The van der Waals surface area contributed by atoms with Gasteiger partial charge in [-0.3, -0.25) is 9.59 Å². The monoisotopic (exact) mass is 283 g/mol. The van der Waals surface area contributed by atoms with Crippen LogP contribution in [-0.4, -0.2) is 30.7 Å². The second kappa shape index (κ2) is 5.80. The number of halogens is 1. The number of carbonyl (C=O) groups excluding carboxylic acids is 2. The first-order valence-electron chi connectivity index (χ1n) is 4.99. The zero-order chi connectivity index (χ0) is 12.1. The molecule has 0 heterocycles. The zero-order valence-corrected chi connectivity index (χ0v) is 11.0. The summed E-state index contributed by atoms with van der Waals surface area (Å²) in [5.41, 5.74) is 0.648. The number of amides is 1. The van der Waals surface area contributed by atoms with Crippen molar-refractivity contribution in [3.63, 3.8) is 0 Å². The van der Waals surface area contributed by atoms with Gasteiger partial charge < -0.3 is 4.90 Å². The van der Waals surface area contributed by atoms with Crippen LogP contribution in [0.5, 0.6) is 0 Å². The van der Waals surface area contributed by atoms with Gasteiger partial charge in [-0.05, 0) is 12.1 Å². The maximum Gasteiger partial charge on any atom is 0.222 e. The number of Topliss-reactive ketones (excluding diaryl/α,β-unsaturated/α-hetero) is 1. The van der Waals surface area contributed by atoms with Gasteiger partial charge in [0.05, 0.1) is 0 Å². The third-order valence-corrected chi connectivity index (χ3v) is 2.76. The lowest BCUT2D eigenvalue weighted by atomic mass is 10.1. The van der Waals surface area contributed by atoms with Gasteiger partial charge in [0.25, 0.3) is 0 Å². The van der Waals surface area contributed by atoms with Crippen LogP contribution in [-0.2, 0) is 4.79 Å². The molecule has 0 saturated carbocycles. The first kappa shape index (κ1) is 12.9. The van der Waals surface area contributed by atoms with Crippen LogP contribution in [0.15, 0.2) is 28.7 Å². The minimum absolute atomic E-state index is 0.00250. The predicted octanol–water partition coefficient (Wildman–Crippen LogP) is 2.50. The van der Waals surface area contributed by atoms with Crippen molar-refractivity contribution >= 4 is 27.6 Å². The molecule has 0 aliphatic rings. The zero-order valence-electron chi connectivity index (χ0n) is 9.37. The number of hydrogen-bond donors (Lipinski definition) is 0. The van der Waals surface area contributed by atoms with E-state index in [9.17, 15) is 9.59 Å². The Kier molecular flexibility index (Phi) is 4.68. The van der Waals surface area contributed by atoms with Gasteiger partial charge in [0, 0.05) is 37.0 Å². The minimum Gasteiger partial charge on any atom is -0.349 e. The number of nitrogens with zero attached hydrogens (tertiary/aromatic N) is 1. The van der Waals surface area contributed by atoms with Crippen LogP contribution in [0.4, 0.5) is 0 Å². The maximum absolute atomic E-state index is 11.7. The number of rotatable bonds is 4. The number of carbonyl (C=O) groups is 2. The van der Waals surface area contributed by atoms with E-state index in [4.69, 9.17) is 0 Å². The van der Waals surface area contributed by atoms with E-state index < -0.39 is 0 Å². The lowest BCUT2D eigenvalue weighted by molar-refractivity contribution is -0.128. The van der Waals surface area contributed by atoms with Crippen molar-refractivity contribution in [2.75, 3.05) is 14.1 Å². The maximum atomic E-state index is 11.7. The van der Waals surface area contributed by atoms with E-state index in [0.717, 1.165) is 4.47 Å². The van der Waals surface area contributed by atoms with E-state index in [-0.39, 0.29) is 24.5 Å². The summed E-state index contributed by atoms with van der Waals surface area (Å²) >= 11 is 3.30. The molecule has 0 radical (unpaired) electrons. The average molecular weight is 284 g/mol. The van der Waals surface area contributed by atoms with Gasteiger partial charge in [-0.25, -0.2) is 0 Å². The summed E-state index contributed by atoms with van der Waals surface area (Å²) in [7, 11) is 3.37. The minimum atomic E-state index is -0.0227. The van der Waals surface area contributed by atoms with Gasteiger partial charge in [0.15, 0.2) is 5.78 Å². The second-order valence-electron chi connectivity index (χ2n) is 3.72. The Morgan fingerprint density at radius 1 is 1.12 bits per heavy atom. The van der Waals surface area contributed by atoms with E-state index in [0.29, 0.717) is 5.56 Å². The molecule has 0 unspecified atom stereocenters. The molecule has 0 bridgehead atoms. The van der Waals surface area contributed by atoms with E-state index in [2.05, 4.69) is 15.9 Å². The molecule has 0 aliphatic carbocycles. The average Bonchev–Trinajstić information content (AvgIpc) is 2.26. The molecule has 16 heavy (non-hydrogen) atoms. The number of benzene rings is 1. The molecule has 0 aromatic heterocycles. The summed E-state index contributed by atoms with van der Waals surface area (Å²) in [6.45, 7) is 0. The molecule has 0 atom stereocenters. The van der Waals surface area contributed by atoms with E-state index in [1.54, 1.807) is 26.2 Å². The highest BCUT2D eigenvalue weighted by Gasteiger charge is 2.10. The summed E-state index contributed by atoms with van der Waals surface area (Å²) < 4.78 is 0.938.